The van der Waals surface area contributed by atoms with Gasteiger partial charge in [0, 0.05) is 5.02 Å². The average molecular weight is 299 g/mol. The number of rotatable bonds is 4. The lowest BCUT2D eigenvalue weighted by Gasteiger charge is -2.21. The SMILES string of the molecule is FC(F)(F)[C@H](CCc1ccccc1)c1cccc(Cl)c1. The molecule has 0 aliphatic heterocycles. The topological polar surface area (TPSA) is 0 Å². The first kappa shape index (κ1) is 14.9. The molecule has 0 spiro atoms. The van der Waals surface area contributed by atoms with Gasteiger partial charge in [0.05, 0.1) is 5.92 Å². The second kappa shape index (κ2) is 6.31. The summed E-state index contributed by atoms with van der Waals surface area (Å²) < 4.78 is 39.6. The van der Waals surface area contributed by atoms with Crippen LogP contribution in [0.2, 0.25) is 5.02 Å². The van der Waals surface area contributed by atoms with Gasteiger partial charge in [0.1, 0.15) is 0 Å². The van der Waals surface area contributed by atoms with Crippen molar-refractivity contribution in [1.82, 2.24) is 0 Å². The number of hydrogen-bond acceptors (Lipinski definition) is 0. The molecule has 106 valence electrons. The molecule has 0 nitrogen and oxygen atoms in total. The number of benzene rings is 2. The minimum absolute atomic E-state index is 0.0217. The van der Waals surface area contributed by atoms with E-state index in [2.05, 4.69) is 0 Å². The van der Waals surface area contributed by atoms with Crippen molar-refractivity contribution in [3.63, 3.8) is 0 Å². The van der Waals surface area contributed by atoms with Gasteiger partial charge in [-0.2, -0.15) is 13.2 Å². The zero-order chi connectivity index (χ0) is 14.6. The summed E-state index contributed by atoms with van der Waals surface area (Å²) in [5.74, 6) is -1.48. The van der Waals surface area contributed by atoms with Gasteiger partial charge in [-0.15, -0.1) is 0 Å². The molecule has 0 unspecified atom stereocenters. The molecule has 20 heavy (non-hydrogen) atoms. The molecule has 0 radical (unpaired) electrons. The number of halogens is 4. The van der Waals surface area contributed by atoms with Crippen molar-refractivity contribution in [1.29, 1.82) is 0 Å². The van der Waals surface area contributed by atoms with E-state index in [1.807, 2.05) is 30.3 Å². The van der Waals surface area contributed by atoms with Crippen LogP contribution in [0.15, 0.2) is 54.6 Å². The molecular formula is C16H14ClF3. The molecule has 0 aromatic heterocycles. The second-order valence-corrected chi connectivity index (χ2v) is 5.11. The number of alkyl halides is 3. The molecule has 1 atom stereocenters. The Morgan fingerprint density at radius 3 is 2.25 bits per heavy atom. The Balaban J connectivity index is 2.17. The lowest BCUT2D eigenvalue weighted by atomic mass is 9.92. The van der Waals surface area contributed by atoms with Gasteiger partial charge in [-0.3, -0.25) is 0 Å². The van der Waals surface area contributed by atoms with E-state index in [9.17, 15) is 13.2 Å². The van der Waals surface area contributed by atoms with Crippen LogP contribution in [0.25, 0.3) is 0 Å². The van der Waals surface area contributed by atoms with Crippen LogP contribution in [-0.4, -0.2) is 6.18 Å². The maximum atomic E-state index is 13.2. The first-order valence-corrected chi connectivity index (χ1v) is 6.71. The van der Waals surface area contributed by atoms with Gasteiger partial charge in [0.2, 0.25) is 0 Å². The Morgan fingerprint density at radius 2 is 1.65 bits per heavy atom. The van der Waals surface area contributed by atoms with Crippen molar-refractivity contribution in [3.05, 3.63) is 70.7 Å². The summed E-state index contributed by atoms with van der Waals surface area (Å²) in [4.78, 5) is 0. The highest BCUT2D eigenvalue weighted by Crippen LogP contribution is 2.38. The van der Waals surface area contributed by atoms with E-state index in [4.69, 9.17) is 11.6 Å². The quantitative estimate of drug-likeness (QED) is 0.687. The zero-order valence-corrected chi connectivity index (χ0v) is 11.5. The third kappa shape index (κ3) is 4.01. The lowest BCUT2D eigenvalue weighted by molar-refractivity contribution is -0.151. The molecule has 0 aliphatic rings. The fourth-order valence-electron chi connectivity index (χ4n) is 2.20. The van der Waals surface area contributed by atoms with Crippen molar-refractivity contribution in [2.45, 2.75) is 24.9 Å². The van der Waals surface area contributed by atoms with Gasteiger partial charge in [-0.25, -0.2) is 0 Å². The van der Waals surface area contributed by atoms with E-state index in [0.717, 1.165) is 5.56 Å². The van der Waals surface area contributed by atoms with Crippen LogP contribution in [-0.2, 0) is 6.42 Å². The van der Waals surface area contributed by atoms with Gasteiger partial charge in [-0.05, 0) is 36.1 Å². The maximum Gasteiger partial charge on any atom is 0.395 e. The van der Waals surface area contributed by atoms with E-state index >= 15 is 0 Å². The smallest absolute Gasteiger partial charge is 0.170 e. The van der Waals surface area contributed by atoms with Crippen LogP contribution in [0.3, 0.4) is 0 Å². The first-order chi connectivity index (χ1) is 9.47. The van der Waals surface area contributed by atoms with Gasteiger partial charge < -0.3 is 0 Å². The summed E-state index contributed by atoms with van der Waals surface area (Å²) in [5.41, 5.74) is 1.13. The van der Waals surface area contributed by atoms with Crippen LogP contribution >= 0.6 is 11.6 Å². The largest absolute Gasteiger partial charge is 0.395 e. The van der Waals surface area contributed by atoms with E-state index in [0.29, 0.717) is 11.4 Å². The predicted molar refractivity (Wildman–Crippen MR) is 75.0 cm³/mol. The molecule has 0 saturated heterocycles. The summed E-state index contributed by atoms with van der Waals surface area (Å²) in [7, 11) is 0. The van der Waals surface area contributed by atoms with Crippen molar-refractivity contribution < 1.29 is 13.2 Å². The van der Waals surface area contributed by atoms with Gasteiger partial charge >= 0.3 is 6.18 Å². The van der Waals surface area contributed by atoms with E-state index in [1.165, 1.54) is 12.1 Å². The van der Waals surface area contributed by atoms with Crippen molar-refractivity contribution in [3.8, 4) is 0 Å². The Kier molecular flexibility index (Phi) is 4.71. The van der Waals surface area contributed by atoms with Crippen LogP contribution < -0.4 is 0 Å². The van der Waals surface area contributed by atoms with Crippen LogP contribution in [0, 0.1) is 0 Å². The van der Waals surface area contributed by atoms with E-state index in [-0.39, 0.29) is 12.0 Å². The van der Waals surface area contributed by atoms with Crippen LogP contribution in [0.1, 0.15) is 23.5 Å². The molecule has 0 saturated carbocycles. The number of hydrogen-bond donors (Lipinski definition) is 0. The van der Waals surface area contributed by atoms with Crippen LogP contribution in [0.4, 0.5) is 13.2 Å². The summed E-state index contributed by atoms with van der Waals surface area (Å²) in [6.45, 7) is 0. The Labute approximate surface area is 121 Å². The third-order valence-corrected chi connectivity index (χ3v) is 3.45. The fourth-order valence-corrected chi connectivity index (χ4v) is 2.40. The highest BCUT2D eigenvalue weighted by Gasteiger charge is 2.40. The maximum absolute atomic E-state index is 13.2. The molecule has 2 aromatic carbocycles. The summed E-state index contributed by atoms with van der Waals surface area (Å²) in [5, 5.41) is 0.330. The summed E-state index contributed by atoms with van der Waals surface area (Å²) in [6, 6.07) is 15.2. The van der Waals surface area contributed by atoms with Gasteiger partial charge in [0.25, 0.3) is 0 Å². The van der Waals surface area contributed by atoms with Crippen molar-refractivity contribution >= 4 is 11.6 Å². The second-order valence-electron chi connectivity index (χ2n) is 4.67. The van der Waals surface area contributed by atoms with Gasteiger partial charge in [0.15, 0.2) is 0 Å². The number of aryl methyl sites for hydroxylation is 1. The normalized spacial score (nSPS) is 13.2. The standard InChI is InChI=1S/C16H14ClF3/c17-14-8-4-7-13(11-14)15(16(18,19)20)10-9-12-5-2-1-3-6-12/h1-8,11,15H,9-10H2/t15-/m1/s1. The van der Waals surface area contributed by atoms with E-state index in [1.54, 1.807) is 12.1 Å². The highest BCUT2D eigenvalue weighted by molar-refractivity contribution is 6.30. The van der Waals surface area contributed by atoms with E-state index < -0.39 is 12.1 Å². The first-order valence-electron chi connectivity index (χ1n) is 6.33. The highest BCUT2D eigenvalue weighted by atomic mass is 35.5. The summed E-state index contributed by atoms with van der Waals surface area (Å²) >= 11 is 5.79. The Bertz CT molecular complexity index is 549. The fraction of sp³-hybridized carbons (Fsp3) is 0.250. The molecule has 2 rings (SSSR count). The molecule has 0 aliphatic carbocycles. The minimum atomic E-state index is -4.26. The molecule has 0 amide bonds. The summed E-state index contributed by atoms with van der Waals surface area (Å²) in [6.07, 6.45) is -3.86. The predicted octanol–water partition coefficient (Wildman–Crippen LogP) is 5.62. The van der Waals surface area contributed by atoms with Crippen molar-refractivity contribution in [2.24, 2.45) is 0 Å². The van der Waals surface area contributed by atoms with Crippen molar-refractivity contribution in [2.75, 3.05) is 0 Å². The van der Waals surface area contributed by atoms with Crippen LogP contribution in [0.5, 0.6) is 0 Å². The zero-order valence-electron chi connectivity index (χ0n) is 10.7. The molecule has 0 bridgehead atoms. The Morgan fingerprint density at radius 1 is 0.950 bits per heavy atom. The molecule has 0 fully saturated rings. The Hall–Kier alpha value is -1.48. The lowest BCUT2D eigenvalue weighted by Crippen LogP contribution is -2.21. The van der Waals surface area contributed by atoms with Gasteiger partial charge in [-0.1, -0.05) is 54.1 Å². The molecule has 2 aromatic rings. The average Bonchev–Trinajstić information content (AvgIpc) is 2.39. The molecule has 0 N–H and O–H groups in total. The third-order valence-electron chi connectivity index (χ3n) is 3.21. The molecular weight excluding hydrogens is 285 g/mol. The molecule has 0 heterocycles. The monoisotopic (exact) mass is 298 g/mol. The molecule has 4 heteroatoms. The minimum Gasteiger partial charge on any atom is -0.170 e.